The number of rotatable bonds is 5. The molecule has 0 amide bonds. The van der Waals surface area contributed by atoms with Gasteiger partial charge in [0.1, 0.15) is 11.5 Å². The summed E-state index contributed by atoms with van der Waals surface area (Å²) in [6, 6.07) is 6.95. The SMILES string of the molecule is CCOc1cncc(C(=O)c2cc(OC)ccc2Br)c1. The lowest BCUT2D eigenvalue weighted by atomic mass is 10.0. The van der Waals surface area contributed by atoms with Crippen LogP contribution in [0.5, 0.6) is 11.5 Å². The Morgan fingerprint density at radius 3 is 2.75 bits per heavy atom. The number of nitrogens with zero attached hydrogens (tertiary/aromatic N) is 1. The van der Waals surface area contributed by atoms with Crippen LogP contribution in [0.4, 0.5) is 0 Å². The van der Waals surface area contributed by atoms with Crippen LogP contribution in [-0.2, 0) is 0 Å². The molecule has 0 saturated heterocycles. The minimum Gasteiger partial charge on any atom is -0.497 e. The van der Waals surface area contributed by atoms with Crippen molar-refractivity contribution in [2.75, 3.05) is 13.7 Å². The lowest BCUT2D eigenvalue weighted by molar-refractivity contribution is 0.103. The fraction of sp³-hybridized carbons (Fsp3) is 0.200. The van der Waals surface area contributed by atoms with Gasteiger partial charge in [0.25, 0.3) is 0 Å². The van der Waals surface area contributed by atoms with Crippen molar-refractivity contribution in [3.63, 3.8) is 0 Å². The van der Waals surface area contributed by atoms with Gasteiger partial charge in [-0.25, -0.2) is 0 Å². The summed E-state index contributed by atoms with van der Waals surface area (Å²) in [4.78, 5) is 16.5. The minimum atomic E-state index is -0.134. The molecule has 1 aromatic heterocycles. The zero-order valence-electron chi connectivity index (χ0n) is 11.2. The van der Waals surface area contributed by atoms with Gasteiger partial charge in [0.05, 0.1) is 19.9 Å². The normalized spacial score (nSPS) is 10.2. The molecule has 0 fully saturated rings. The van der Waals surface area contributed by atoms with Crippen LogP contribution in [0.25, 0.3) is 0 Å². The number of pyridine rings is 1. The van der Waals surface area contributed by atoms with Crippen LogP contribution in [0.2, 0.25) is 0 Å². The highest BCUT2D eigenvalue weighted by Crippen LogP contribution is 2.25. The Morgan fingerprint density at radius 2 is 2.05 bits per heavy atom. The summed E-state index contributed by atoms with van der Waals surface area (Å²) in [5.74, 6) is 1.08. The Hall–Kier alpha value is -1.88. The minimum absolute atomic E-state index is 0.134. The molecule has 0 radical (unpaired) electrons. The Kier molecular flexibility index (Phi) is 4.74. The topological polar surface area (TPSA) is 48.4 Å². The maximum Gasteiger partial charge on any atom is 0.195 e. The number of ether oxygens (including phenoxy) is 2. The van der Waals surface area contributed by atoms with Crippen LogP contribution in [0.15, 0.2) is 41.1 Å². The molecule has 2 rings (SSSR count). The summed E-state index contributed by atoms with van der Waals surface area (Å²) >= 11 is 3.38. The molecule has 1 aromatic carbocycles. The first-order chi connectivity index (χ1) is 9.65. The zero-order chi connectivity index (χ0) is 14.5. The summed E-state index contributed by atoms with van der Waals surface area (Å²) in [6.07, 6.45) is 3.11. The van der Waals surface area contributed by atoms with E-state index < -0.39 is 0 Å². The van der Waals surface area contributed by atoms with E-state index in [9.17, 15) is 4.79 Å². The van der Waals surface area contributed by atoms with Crippen LogP contribution in [0.1, 0.15) is 22.8 Å². The average Bonchev–Trinajstić information content (AvgIpc) is 2.48. The number of hydrogen-bond donors (Lipinski definition) is 0. The second kappa shape index (κ2) is 6.52. The summed E-state index contributed by atoms with van der Waals surface area (Å²) in [6.45, 7) is 2.41. The average molecular weight is 336 g/mol. The van der Waals surface area contributed by atoms with E-state index in [4.69, 9.17) is 9.47 Å². The van der Waals surface area contributed by atoms with E-state index in [1.54, 1.807) is 37.6 Å². The maximum atomic E-state index is 12.5. The van der Waals surface area contributed by atoms with E-state index in [2.05, 4.69) is 20.9 Å². The van der Waals surface area contributed by atoms with Crippen LogP contribution < -0.4 is 9.47 Å². The van der Waals surface area contributed by atoms with E-state index in [1.165, 1.54) is 6.20 Å². The van der Waals surface area contributed by atoms with Gasteiger partial charge < -0.3 is 9.47 Å². The lowest BCUT2D eigenvalue weighted by Gasteiger charge is -2.08. The fourth-order valence-corrected chi connectivity index (χ4v) is 2.18. The Morgan fingerprint density at radius 1 is 1.25 bits per heavy atom. The molecule has 0 aliphatic heterocycles. The molecule has 2 aromatic rings. The van der Waals surface area contributed by atoms with Crippen LogP contribution in [0.3, 0.4) is 0 Å². The number of carbonyl (C=O) groups excluding carboxylic acids is 1. The smallest absolute Gasteiger partial charge is 0.195 e. The van der Waals surface area contributed by atoms with Gasteiger partial charge >= 0.3 is 0 Å². The van der Waals surface area contributed by atoms with Crippen molar-refractivity contribution >= 4 is 21.7 Å². The molecule has 0 N–H and O–H groups in total. The summed E-state index contributed by atoms with van der Waals surface area (Å²) < 4.78 is 11.2. The quantitative estimate of drug-likeness (QED) is 0.785. The molecule has 0 spiro atoms. The molecule has 1 heterocycles. The monoisotopic (exact) mass is 335 g/mol. The first kappa shape index (κ1) is 14.5. The van der Waals surface area contributed by atoms with E-state index >= 15 is 0 Å². The number of halogens is 1. The number of ketones is 1. The van der Waals surface area contributed by atoms with E-state index in [-0.39, 0.29) is 5.78 Å². The molecule has 5 heteroatoms. The van der Waals surface area contributed by atoms with Gasteiger partial charge in [0.15, 0.2) is 5.78 Å². The predicted molar refractivity (Wildman–Crippen MR) is 79.5 cm³/mol. The maximum absolute atomic E-state index is 12.5. The third kappa shape index (κ3) is 3.17. The third-order valence-electron chi connectivity index (χ3n) is 2.70. The van der Waals surface area contributed by atoms with Gasteiger partial charge in [0, 0.05) is 21.8 Å². The zero-order valence-corrected chi connectivity index (χ0v) is 12.8. The third-order valence-corrected chi connectivity index (χ3v) is 3.40. The summed E-state index contributed by atoms with van der Waals surface area (Å²) in [7, 11) is 1.56. The van der Waals surface area contributed by atoms with Crippen LogP contribution in [0, 0.1) is 0 Å². The molecule has 0 saturated carbocycles. The lowest BCUT2D eigenvalue weighted by Crippen LogP contribution is -2.04. The van der Waals surface area contributed by atoms with Gasteiger partial charge in [-0.2, -0.15) is 0 Å². The second-order valence-electron chi connectivity index (χ2n) is 4.02. The molecule has 0 atom stereocenters. The van der Waals surface area contributed by atoms with E-state index in [0.29, 0.717) is 33.7 Å². The van der Waals surface area contributed by atoms with Crippen molar-refractivity contribution in [1.82, 2.24) is 4.98 Å². The molecule has 20 heavy (non-hydrogen) atoms. The van der Waals surface area contributed by atoms with Gasteiger partial charge in [0.2, 0.25) is 0 Å². The predicted octanol–water partition coefficient (Wildman–Crippen LogP) is 3.48. The van der Waals surface area contributed by atoms with Gasteiger partial charge in [-0.15, -0.1) is 0 Å². The molecular formula is C15H14BrNO3. The number of carbonyl (C=O) groups is 1. The number of benzene rings is 1. The number of hydrogen-bond acceptors (Lipinski definition) is 4. The Balaban J connectivity index is 2.38. The summed E-state index contributed by atoms with van der Waals surface area (Å²) in [5.41, 5.74) is 1.00. The highest BCUT2D eigenvalue weighted by Gasteiger charge is 2.15. The highest BCUT2D eigenvalue weighted by atomic mass is 79.9. The van der Waals surface area contributed by atoms with Gasteiger partial charge in [-0.1, -0.05) is 15.9 Å². The molecule has 0 bridgehead atoms. The molecule has 104 valence electrons. The molecule has 0 aliphatic carbocycles. The first-order valence-electron chi connectivity index (χ1n) is 6.11. The Bertz CT molecular complexity index is 628. The summed E-state index contributed by atoms with van der Waals surface area (Å²) in [5, 5.41) is 0. The van der Waals surface area contributed by atoms with Gasteiger partial charge in [-0.05, 0) is 31.2 Å². The van der Waals surface area contributed by atoms with Crippen LogP contribution >= 0.6 is 15.9 Å². The number of aromatic nitrogens is 1. The Labute approximate surface area is 125 Å². The van der Waals surface area contributed by atoms with Crippen molar-refractivity contribution in [3.05, 3.63) is 52.3 Å². The second-order valence-corrected chi connectivity index (χ2v) is 4.87. The van der Waals surface area contributed by atoms with Gasteiger partial charge in [-0.3, -0.25) is 9.78 Å². The molecular weight excluding hydrogens is 322 g/mol. The van der Waals surface area contributed by atoms with Crippen molar-refractivity contribution in [2.24, 2.45) is 0 Å². The van der Waals surface area contributed by atoms with Crippen molar-refractivity contribution in [1.29, 1.82) is 0 Å². The van der Waals surface area contributed by atoms with Crippen molar-refractivity contribution in [2.45, 2.75) is 6.92 Å². The standard InChI is InChI=1S/C15H14BrNO3/c1-3-20-12-6-10(8-17-9-12)15(18)13-7-11(19-2)4-5-14(13)16/h4-9H,3H2,1-2H3. The van der Waals surface area contributed by atoms with Crippen molar-refractivity contribution in [3.8, 4) is 11.5 Å². The van der Waals surface area contributed by atoms with E-state index in [1.807, 2.05) is 6.92 Å². The number of methoxy groups -OCH3 is 1. The highest BCUT2D eigenvalue weighted by molar-refractivity contribution is 9.10. The fourth-order valence-electron chi connectivity index (χ4n) is 1.75. The van der Waals surface area contributed by atoms with Crippen molar-refractivity contribution < 1.29 is 14.3 Å². The molecule has 0 aliphatic rings. The molecule has 0 unspecified atom stereocenters. The van der Waals surface area contributed by atoms with Crippen LogP contribution in [-0.4, -0.2) is 24.5 Å². The first-order valence-corrected chi connectivity index (χ1v) is 6.91. The molecule has 4 nitrogen and oxygen atoms in total. The largest absolute Gasteiger partial charge is 0.497 e. The van der Waals surface area contributed by atoms with E-state index in [0.717, 1.165) is 0 Å².